The Bertz CT molecular complexity index is 701. The van der Waals surface area contributed by atoms with Gasteiger partial charge in [-0.05, 0) is 38.2 Å². The molecule has 2 aliphatic rings. The molecule has 0 radical (unpaired) electrons. The molecule has 158 valence electrons. The van der Waals surface area contributed by atoms with E-state index >= 15 is 0 Å². The third-order valence-corrected chi connectivity index (χ3v) is 5.69. The number of ether oxygens (including phenoxy) is 1. The summed E-state index contributed by atoms with van der Waals surface area (Å²) in [6, 6.07) is 10.4. The van der Waals surface area contributed by atoms with Crippen molar-refractivity contribution in [1.29, 1.82) is 0 Å². The van der Waals surface area contributed by atoms with Crippen molar-refractivity contribution < 1.29 is 19.1 Å². The third-order valence-electron chi connectivity index (χ3n) is 5.69. The Morgan fingerprint density at radius 2 is 1.79 bits per heavy atom. The number of amides is 2. The molecular formula is C22H31N3O4. The first-order valence-electron chi connectivity index (χ1n) is 10.6. The molecule has 0 aliphatic carbocycles. The number of carbonyl (C=O) groups is 3. The van der Waals surface area contributed by atoms with Crippen LogP contribution >= 0.6 is 0 Å². The van der Waals surface area contributed by atoms with Crippen molar-refractivity contribution in [3.8, 4) is 0 Å². The quantitative estimate of drug-likeness (QED) is 0.599. The van der Waals surface area contributed by atoms with Crippen LogP contribution in [-0.2, 0) is 25.7 Å². The zero-order chi connectivity index (χ0) is 20.6. The summed E-state index contributed by atoms with van der Waals surface area (Å²) in [5.41, 5.74) is 1.28. The molecule has 7 nitrogen and oxygen atoms in total. The largest absolute Gasteiger partial charge is 0.466 e. The van der Waals surface area contributed by atoms with E-state index in [0.29, 0.717) is 26.0 Å². The van der Waals surface area contributed by atoms with Gasteiger partial charge in [0.05, 0.1) is 12.5 Å². The predicted octanol–water partition coefficient (Wildman–Crippen LogP) is 1.57. The maximum absolute atomic E-state index is 12.6. The fourth-order valence-corrected chi connectivity index (χ4v) is 4.08. The van der Waals surface area contributed by atoms with E-state index in [1.165, 1.54) is 10.5 Å². The fraction of sp³-hybridized carbons (Fsp3) is 0.591. The molecule has 0 bridgehead atoms. The smallest absolute Gasteiger partial charge is 0.311 e. The van der Waals surface area contributed by atoms with Gasteiger partial charge in [-0.2, -0.15) is 0 Å². The molecule has 2 heterocycles. The van der Waals surface area contributed by atoms with E-state index in [9.17, 15) is 14.4 Å². The molecule has 3 rings (SSSR count). The van der Waals surface area contributed by atoms with Crippen molar-refractivity contribution in [3.05, 3.63) is 35.9 Å². The highest BCUT2D eigenvalue weighted by molar-refractivity contribution is 6.35. The van der Waals surface area contributed by atoms with Crippen LogP contribution in [0.5, 0.6) is 0 Å². The number of hydrogen-bond acceptors (Lipinski definition) is 5. The first-order valence-corrected chi connectivity index (χ1v) is 10.6. The summed E-state index contributed by atoms with van der Waals surface area (Å²) in [6.07, 6.45) is 3.07. The average molecular weight is 402 g/mol. The highest BCUT2D eigenvalue weighted by atomic mass is 16.5. The lowest BCUT2D eigenvalue weighted by atomic mass is 9.98. The van der Waals surface area contributed by atoms with Crippen LogP contribution in [0.15, 0.2) is 30.3 Å². The Balaban J connectivity index is 1.43. The van der Waals surface area contributed by atoms with E-state index in [1.807, 2.05) is 18.2 Å². The maximum Gasteiger partial charge on any atom is 0.311 e. The van der Waals surface area contributed by atoms with Crippen molar-refractivity contribution in [2.24, 2.45) is 5.92 Å². The number of nitrogens with zero attached hydrogens (tertiary/aromatic N) is 2. The van der Waals surface area contributed by atoms with Gasteiger partial charge < -0.3 is 15.0 Å². The number of benzene rings is 1. The highest BCUT2D eigenvalue weighted by Crippen LogP contribution is 2.19. The summed E-state index contributed by atoms with van der Waals surface area (Å²) in [7, 11) is 0. The molecule has 2 amide bonds. The van der Waals surface area contributed by atoms with Crippen molar-refractivity contribution in [2.75, 3.05) is 32.8 Å². The lowest BCUT2D eigenvalue weighted by Crippen LogP contribution is -2.52. The van der Waals surface area contributed by atoms with E-state index in [2.05, 4.69) is 22.3 Å². The van der Waals surface area contributed by atoms with E-state index in [0.717, 1.165) is 32.5 Å². The highest BCUT2D eigenvalue weighted by Gasteiger charge is 2.33. The molecule has 2 saturated heterocycles. The summed E-state index contributed by atoms with van der Waals surface area (Å²) in [4.78, 5) is 40.8. The van der Waals surface area contributed by atoms with Crippen LogP contribution in [0.25, 0.3) is 0 Å². The summed E-state index contributed by atoms with van der Waals surface area (Å²) >= 11 is 0. The van der Waals surface area contributed by atoms with Crippen LogP contribution in [0.3, 0.4) is 0 Å². The van der Waals surface area contributed by atoms with Crippen LogP contribution in [0, 0.1) is 5.92 Å². The minimum absolute atomic E-state index is 0.0177. The van der Waals surface area contributed by atoms with Crippen LogP contribution in [0.4, 0.5) is 0 Å². The summed E-state index contributed by atoms with van der Waals surface area (Å²) in [6.45, 7) is 5.56. The Morgan fingerprint density at radius 1 is 1.07 bits per heavy atom. The lowest BCUT2D eigenvalue weighted by molar-refractivity contribution is -0.154. The Labute approximate surface area is 172 Å². The SMILES string of the molecule is CCOC(=O)C1CCCN(C(=O)C(=O)NC2CCN(Cc3ccccc3)CC2)C1. The number of nitrogens with one attached hydrogen (secondary N) is 1. The number of likely N-dealkylation sites (tertiary alicyclic amines) is 2. The third kappa shape index (κ3) is 6.03. The zero-order valence-corrected chi connectivity index (χ0v) is 17.1. The van der Waals surface area contributed by atoms with E-state index in [-0.39, 0.29) is 24.5 Å². The molecule has 0 aromatic heterocycles. The predicted molar refractivity (Wildman–Crippen MR) is 109 cm³/mol. The first-order chi connectivity index (χ1) is 14.1. The summed E-state index contributed by atoms with van der Waals surface area (Å²) < 4.78 is 5.06. The average Bonchev–Trinajstić information content (AvgIpc) is 2.75. The van der Waals surface area contributed by atoms with Gasteiger partial charge in [0.15, 0.2) is 0 Å². The van der Waals surface area contributed by atoms with Crippen molar-refractivity contribution >= 4 is 17.8 Å². The van der Waals surface area contributed by atoms with Crippen molar-refractivity contribution in [2.45, 2.75) is 45.2 Å². The lowest BCUT2D eigenvalue weighted by Gasteiger charge is -2.34. The molecule has 1 aromatic carbocycles. The molecule has 1 unspecified atom stereocenters. The summed E-state index contributed by atoms with van der Waals surface area (Å²) in [5.74, 6) is -1.71. The number of esters is 1. The second kappa shape index (κ2) is 10.4. The first kappa shape index (κ1) is 21.3. The van der Waals surface area contributed by atoms with Gasteiger partial charge in [-0.25, -0.2) is 0 Å². The van der Waals surface area contributed by atoms with E-state index in [1.54, 1.807) is 6.92 Å². The van der Waals surface area contributed by atoms with Crippen LogP contribution < -0.4 is 5.32 Å². The molecule has 1 aromatic rings. The van der Waals surface area contributed by atoms with Gasteiger partial charge in [0.25, 0.3) is 0 Å². The molecular weight excluding hydrogens is 370 g/mol. The minimum Gasteiger partial charge on any atom is -0.466 e. The van der Waals surface area contributed by atoms with Crippen LogP contribution in [0.2, 0.25) is 0 Å². The van der Waals surface area contributed by atoms with Gasteiger partial charge in [-0.1, -0.05) is 30.3 Å². The minimum atomic E-state index is -0.559. The fourth-order valence-electron chi connectivity index (χ4n) is 4.08. The molecule has 29 heavy (non-hydrogen) atoms. The van der Waals surface area contributed by atoms with E-state index in [4.69, 9.17) is 4.74 Å². The normalized spacial score (nSPS) is 20.9. The molecule has 2 aliphatic heterocycles. The maximum atomic E-state index is 12.6. The monoisotopic (exact) mass is 401 g/mol. The molecule has 0 saturated carbocycles. The second-order valence-corrected chi connectivity index (χ2v) is 7.85. The Kier molecular flexibility index (Phi) is 7.63. The number of carbonyl (C=O) groups excluding carboxylic acids is 3. The topological polar surface area (TPSA) is 78.9 Å². The van der Waals surface area contributed by atoms with Gasteiger partial charge in [0.2, 0.25) is 0 Å². The molecule has 7 heteroatoms. The number of hydrogen-bond donors (Lipinski definition) is 1. The van der Waals surface area contributed by atoms with Gasteiger partial charge in [-0.15, -0.1) is 0 Å². The van der Waals surface area contributed by atoms with Gasteiger partial charge >= 0.3 is 17.8 Å². The Hall–Kier alpha value is -2.41. The van der Waals surface area contributed by atoms with E-state index < -0.39 is 11.8 Å². The molecule has 0 spiro atoms. The molecule has 2 fully saturated rings. The standard InChI is InChI=1S/C22H31N3O4/c1-2-29-22(28)18-9-6-12-25(16-18)21(27)20(26)23-19-10-13-24(14-11-19)15-17-7-4-3-5-8-17/h3-5,7-8,18-19H,2,6,9-16H2,1H3,(H,23,26). The van der Waals surface area contributed by atoms with Crippen LogP contribution in [0.1, 0.15) is 38.2 Å². The van der Waals surface area contributed by atoms with Gasteiger partial charge in [0.1, 0.15) is 0 Å². The van der Waals surface area contributed by atoms with Crippen molar-refractivity contribution in [1.82, 2.24) is 15.1 Å². The second-order valence-electron chi connectivity index (χ2n) is 7.85. The Morgan fingerprint density at radius 3 is 2.48 bits per heavy atom. The molecule has 1 atom stereocenters. The summed E-state index contributed by atoms with van der Waals surface area (Å²) in [5, 5.41) is 2.90. The number of rotatable bonds is 5. The van der Waals surface area contributed by atoms with Gasteiger partial charge in [0, 0.05) is 38.8 Å². The number of piperidine rings is 2. The van der Waals surface area contributed by atoms with Crippen molar-refractivity contribution in [3.63, 3.8) is 0 Å². The molecule has 1 N–H and O–H groups in total. The van der Waals surface area contributed by atoms with Gasteiger partial charge in [-0.3, -0.25) is 19.3 Å². The zero-order valence-electron chi connectivity index (χ0n) is 17.1. The van der Waals surface area contributed by atoms with Crippen LogP contribution in [-0.4, -0.2) is 66.4 Å².